The van der Waals surface area contributed by atoms with Crippen LogP contribution in [0.3, 0.4) is 0 Å². The number of carbonyl (C=O) groups is 3. The number of aryl methyl sites for hydroxylation is 3. The molecule has 0 saturated carbocycles. The van der Waals surface area contributed by atoms with Gasteiger partial charge in [0.2, 0.25) is 17.7 Å². The fourth-order valence-electron chi connectivity index (χ4n) is 12.5. The Morgan fingerprint density at radius 2 is 0.667 bits per heavy atom. The van der Waals surface area contributed by atoms with Crippen molar-refractivity contribution in [2.24, 2.45) is 0 Å². The number of nitrogens with zero attached hydrogens (tertiary/aromatic N) is 15. The summed E-state index contributed by atoms with van der Waals surface area (Å²) >= 11 is 36.1. The zero-order valence-electron chi connectivity index (χ0n) is 53.9. The maximum absolute atomic E-state index is 14.9. The first-order chi connectivity index (χ1) is 46.9. The molecule has 6 aromatic heterocycles. The van der Waals surface area contributed by atoms with Gasteiger partial charge < -0.3 is 46.6 Å². The van der Waals surface area contributed by atoms with E-state index in [9.17, 15) is 41.9 Å². The Morgan fingerprint density at radius 1 is 0.424 bits per heavy atom. The number of fused-ring (bicyclic) bond motifs is 3. The van der Waals surface area contributed by atoms with Crippen molar-refractivity contribution >= 4 is 155 Å². The van der Waals surface area contributed by atoms with E-state index in [1.165, 1.54) is 55.4 Å². The van der Waals surface area contributed by atoms with Crippen molar-refractivity contribution in [2.75, 3.05) is 90.8 Å². The predicted molar refractivity (Wildman–Crippen MR) is 384 cm³/mol. The lowest BCUT2D eigenvalue weighted by Crippen LogP contribution is -2.53. The molecular formula is C66H63Cl6F3N18O6. The van der Waals surface area contributed by atoms with Crippen LogP contribution in [0, 0.1) is 38.2 Å². The van der Waals surface area contributed by atoms with E-state index in [2.05, 4.69) is 49.6 Å². The van der Waals surface area contributed by atoms with E-state index in [0.717, 1.165) is 13.7 Å². The number of benzene rings is 3. The predicted octanol–water partition coefficient (Wildman–Crippen LogP) is 10.0. The number of aromatic nitrogens is 9. The molecular weight excluding hydrogens is 1410 g/mol. The zero-order valence-corrected chi connectivity index (χ0v) is 58.5. The van der Waals surface area contributed by atoms with Crippen LogP contribution in [0.15, 0.2) is 108 Å². The Kier molecular flexibility index (Phi) is 21.3. The summed E-state index contributed by atoms with van der Waals surface area (Å²) in [4.78, 5) is 113. The first-order valence-electron chi connectivity index (χ1n) is 30.4. The second kappa shape index (κ2) is 29.1. The SMILES string of the molecule is C=CC(=O)N1CCN(c2ncnc3c(=O)n(-c4c(N)c(Cl)cc(Cl)c4F)c(C)cc23)[C@@H](C)C1.C=CC(=O)N1CCN(c2ncnc3c(=O)n(-c4c(N)c(Cl)cc(Cl)c4F)c(C)cc23)[C@@H](C)C1.C=CC(=O)N1CCN(c2ncnc3c(=O)n(-c4c(N)c(Cl)cc(Cl)c4F)c(C)cc23)[C@@H](C)C1. The molecule has 99 heavy (non-hydrogen) atoms. The van der Waals surface area contributed by atoms with Gasteiger partial charge in [-0.15, -0.1) is 0 Å². The fourth-order valence-corrected chi connectivity index (χ4v) is 13.8. The smallest absolute Gasteiger partial charge is 0.282 e. The van der Waals surface area contributed by atoms with Crippen molar-refractivity contribution in [1.82, 2.24) is 58.3 Å². The van der Waals surface area contributed by atoms with Crippen LogP contribution in [0.4, 0.5) is 47.7 Å². The number of anilines is 6. The Morgan fingerprint density at radius 3 is 0.889 bits per heavy atom. The van der Waals surface area contributed by atoms with Gasteiger partial charge in [0, 0.05) is 94.1 Å². The highest BCUT2D eigenvalue weighted by Crippen LogP contribution is 2.39. The molecule has 24 nitrogen and oxygen atoms in total. The van der Waals surface area contributed by atoms with E-state index in [1.54, 1.807) is 53.7 Å². The monoisotopic (exact) mass is 1470 g/mol. The van der Waals surface area contributed by atoms with Crippen LogP contribution >= 0.6 is 69.6 Å². The van der Waals surface area contributed by atoms with Gasteiger partial charge in [0.1, 0.15) is 70.0 Å². The van der Waals surface area contributed by atoms with Crippen molar-refractivity contribution in [3.05, 3.63) is 189 Å². The van der Waals surface area contributed by atoms with Gasteiger partial charge >= 0.3 is 0 Å². The molecule has 3 aliphatic rings. The molecule has 3 fully saturated rings. The van der Waals surface area contributed by atoms with Crippen molar-refractivity contribution in [3.8, 4) is 17.1 Å². The van der Waals surface area contributed by atoms with Gasteiger partial charge in [-0.2, -0.15) is 0 Å². The van der Waals surface area contributed by atoms with Gasteiger partial charge in [-0.05, 0) is 96.2 Å². The first kappa shape index (κ1) is 72.2. The number of hydrogen-bond acceptors (Lipinski definition) is 18. The number of nitrogens with two attached hydrogens (primary N) is 3. The highest BCUT2D eigenvalue weighted by molar-refractivity contribution is 6.38. The van der Waals surface area contributed by atoms with Crippen LogP contribution in [0.1, 0.15) is 37.9 Å². The van der Waals surface area contributed by atoms with Crippen LogP contribution in [-0.4, -0.2) is 153 Å². The minimum atomic E-state index is -0.853. The molecule has 6 N–H and O–H groups in total. The minimum absolute atomic E-state index is 0.0342. The second-order valence-corrected chi connectivity index (χ2v) is 25.9. The summed E-state index contributed by atoms with van der Waals surface area (Å²) < 4.78 is 48.1. The molecule has 3 aromatic carbocycles. The lowest BCUT2D eigenvalue weighted by Gasteiger charge is -2.40. The molecule has 0 bridgehead atoms. The molecule has 0 unspecified atom stereocenters. The molecule has 3 saturated heterocycles. The summed E-state index contributed by atoms with van der Waals surface area (Å²) in [6, 6.07) is 8.48. The van der Waals surface area contributed by atoms with Gasteiger partial charge in [-0.1, -0.05) is 89.3 Å². The first-order valence-corrected chi connectivity index (χ1v) is 32.7. The van der Waals surface area contributed by atoms with Crippen LogP contribution in [-0.2, 0) is 14.4 Å². The number of hydrogen-bond donors (Lipinski definition) is 3. The third-order valence-corrected chi connectivity index (χ3v) is 19.1. The zero-order chi connectivity index (χ0) is 72.1. The Balaban J connectivity index is 0.000000161. The van der Waals surface area contributed by atoms with Gasteiger partial charge in [0.15, 0.2) is 17.5 Å². The van der Waals surface area contributed by atoms with Crippen LogP contribution in [0.2, 0.25) is 30.1 Å². The lowest BCUT2D eigenvalue weighted by atomic mass is 10.1. The normalized spacial score (nSPS) is 16.3. The van der Waals surface area contributed by atoms with Crippen LogP contribution in [0.5, 0.6) is 0 Å². The second-order valence-electron chi connectivity index (χ2n) is 23.5. The summed E-state index contributed by atoms with van der Waals surface area (Å²) in [6.07, 6.45) is 7.75. The summed E-state index contributed by atoms with van der Waals surface area (Å²) in [5, 5.41) is 0.890. The third-order valence-electron chi connectivity index (χ3n) is 17.3. The molecule has 0 aliphatic carbocycles. The number of halogens is 9. The van der Waals surface area contributed by atoms with E-state index in [1.807, 2.05) is 35.5 Å². The topological polar surface area (TPSA) is 292 Å². The molecule has 9 aromatic rings. The van der Waals surface area contributed by atoms with E-state index < -0.39 is 34.1 Å². The molecule has 0 radical (unpaired) electrons. The van der Waals surface area contributed by atoms with Crippen molar-refractivity contribution in [2.45, 2.75) is 59.7 Å². The number of rotatable bonds is 9. The number of amides is 3. The molecule has 33 heteroatoms. The minimum Gasteiger partial charge on any atom is -0.396 e. The van der Waals surface area contributed by atoms with E-state index >= 15 is 0 Å². The molecule has 0 spiro atoms. The maximum Gasteiger partial charge on any atom is 0.282 e. The lowest BCUT2D eigenvalue weighted by molar-refractivity contribution is -0.127. The molecule has 12 rings (SSSR count). The summed E-state index contributed by atoms with van der Waals surface area (Å²) in [5.74, 6) is -1.28. The maximum atomic E-state index is 14.9. The number of nitrogen functional groups attached to an aromatic ring is 3. The molecule has 3 amide bonds. The summed E-state index contributed by atoms with van der Waals surface area (Å²) in [6.45, 7) is 25.9. The van der Waals surface area contributed by atoms with E-state index in [-0.39, 0.29) is 117 Å². The highest BCUT2D eigenvalue weighted by atomic mass is 35.5. The molecule has 3 aliphatic heterocycles. The van der Waals surface area contributed by atoms with Gasteiger partial charge in [0.25, 0.3) is 16.7 Å². The number of carbonyl (C=O) groups excluding carboxylic acids is 3. The molecule has 3 atom stereocenters. The van der Waals surface area contributed by atoms with Gasteiger partial charge in [-0.25, -0.2) is 43.1 Å². The third kappa shape index (κ3) is 13.5. The van der Waals surface area contributed by atoms with E-state index in [4.69, 9.17) is 86.8 Å². The summed E-state index contributed by atoms with van der Waals surface area (Å²) in [7, 11) is 0. The van der Waals surface area contributed by atoms with Crippen LogP contribution in [0.25, 0.3) is 49.8 Å². The molecule has 516 valence electrons. The average molecular weight is 1470 g/mol. The molecule has 9 heterocycles. The largest absolute Gasteiger partial charge is 0.396 e. The summed E-state index contributed by atoms with van der Waals surface area (Å²) in [5.41, 5.74) is 16.8. The van der Waals surface area contributed by atoms with Gasteiger partial charge in [0.05, 0.1) is 63.4 Å². The number of pyridine rings is 3. The van der Waals surface area contributed by atoms with E-state index in [0.29, 0.717) is 110 Å². The van der Waals surface area contributed by atoms with Crippen molar-refractivity contribution in [1.29, 1.82) is 0 Å². The quantitative estimate of drug-likeness (QED) is 0.0688. The Labute approximate surface area is 593 Å². The van der Waals surface area contributed by atoms with Crippen molar-refractivity contribution in [3.63, 3.8) is 0 Å². The number of piperazine rings is 3. The average Bonchev–Trinajstić information content (AvgIpc) is 0.758. The van der Waals surface area contributed by atoms with Crippen LogP contribution < -0.4 is 48.6 Å². The Bertz CT molecular complexity index is 4490. The highest BCUT2D eigenvalue weighted by Gasteiger charge is 2.34. The fraction of sp³-hybridized carbons (Fsp3) is 0.273. The Hall–Kier alpha value is -9.51. The van der Waals surface area contributed by atoms with Crippen molar-refractivity contribution < 1.29 is 27.6 Å². The standard InChI is InChI=1S/3C22H21Cl2FN6O2/c3*1-4-16(32)29-5-6-30(12(3)9-29)21-13-7-11(2)31(22(33)19(13)27-10-28-21)20-17(25)14(23)8-15(24)18(20)26/h3*4,7-8,10,12H,1,5-6,9,26H2,2-3H3/t3*12-/m000/s1. The van der Waals surface area contributed by atoms with Gasteiger partial charge in [-0.3, -0.25) is 42.5 Å².